The molecular weight excluding hydrogens is 415 g/mol. The number of benzene rings is 2. The monoisotopic (exact) mass is 432 g/mol. The van der Waals surface area contributed by atoms with Gasteiger partial charge in [-0.3, -0.25) is 5.32 Å². The smallest absolute Gasteiger partial charge is 0.411 e. The fraction of sp³-hybridized carbons (Fsp3) is 0.0870. The Hall–Kier alpha value is -4.58. The van der Waals surface area contributed by atoms with Crippen molar-refractivity contribution in [3.8, 4) is 23.3 Å². The highest BCUT2D eigenvalue weighted by Crippen LogP contribution is 2.36. The molecule has 160 valence electrons. The predicted octanol–water partition coefficient (Wildman–Crippen LogP) is 4.90. The summed E-state index contributed by atoms with van der Waals surface area (Å²) in [4.78, 5) is 12.0. The van der Waals surface area contributed by atoms with Gasteiger partial charge in [-0.1, -0.05) is 30.3 Å². The molecule has 0 unspecified atom stereocenters. The molecule has 2 aromatic carbocycles. The molecule has 0 atom stereocenters. The van der Waals surface area contributed by atoms with Gasteiger partial charge in [0.2, 0.25) is 0 Å². The molecule has 0 aliphatic heterocycles. The zero-order chi connectivity index (χ0) is 22.7. The van der Waals surface area contributed by atoms with Gasteiger partial charge in [0.05, 0.1) is 12.4 Å². The number of halogens is 1. The predicted molar refractivity (Wildman–Crippen MR) is 113 cm³/mol. The topological polar surface area (TPSA) is 109 Å². The number of aromatic nitrogens is 2. The van der Waals surface area contributed by atoms with Crippen LogP contribution in [0.3, 0.4) is 0 Å². The van der Waals surface area contributed by atoms with Crippen molar-refractivity contribution in [1.82, 2.24) is 9.61 Å². The molecule has 1 amide bonds. The lowest BCUT2D eigenvalue weighted by Crippen LogP contribution is -2.13. The first-order chi connectivity index (χ1) is 15.5. The summed E-state index contributed by atoms with van der Waals surface area (Å²) in [6.45, 7) is 1.71. The van der Waals surface area contributed by atoms with E-state index in [0.717, 1.165) is 11.6 Å². The van der Waals surface area contributed by atoms with Gasteiger partial charge in [0, 0.05) is 17.3 Å². The van der Waals surface area contributed by atoms with Crippen molar-refractivity contribution in [3.63, 3.8) is 0 Å². The molecule has 0 saturated heterocycles. The van der Waals surface area contributed by atoms with Crippen LogP contribution in [0.1, 0.15) is 16.7 Å². The first-order valence-electron chi connectivity index (χ1n) is 9.51. The van der Waals surface area contributed by atoms with Gasteiger partial charge < -0.3 is 14.6 Å². The number of anilines is 1. The van der Waals surface area contributed by atoms with E-state index in [4.69, 9.17) is 9.47 Å². The number of nitrogens with one attached hydrogen (secondary N) is 1. The number of hydrogen-bond donors (Lipinski definition) is 2. The number of nitriles is 1. The third-order valence-corrected chi connectivity index (χ3v) is 4.71. The molecule has 0 bridgehead atoms. The van der Waals surface area contributed by atoms with Crippen LogP contribution in [0.5, 0.6) is 17.2 Å². The molecule has 8 nitrogen and oxygen atoms in total. The number of fused-ring (bicyclic) bond motifs is 1. The minimum atomic E-state index is -0.766. The van der Waals surface area contributed by atoms with Gasteiger partial charge in [-0.15, -0.1) is 0 Å². The van der Waals surface area contributed by atoms with Crippen LogP contribution < -0.4 is 10.1 Å². The molecule has 0 aliphatic rings. The SMILES string of the molecule is Cc1c(O)cn2ncc(C#N)c(Oc3ccc(NC(=O)OCc4ccccc4)cc3F)c12. The number of nitrogens with zero attached hydrogens (tertiary/aromatic N) is 3. The maximum atomic E-state index is 14.7. The van der Waals surface area contributed by atoms with E-state index < -0.39 is 11.9 Å². The molecule has 2 aromatic heterocycles. The van der Waals surface area contributed by atoms with E-state index in [-0.39, 0.29) is 35.1 Å². The van der Waals surface area contributed by atoms with E-state index in [9.17, 15) is 19.6 Å². The highest BCUT2D eigenvalue weighted by atomic mass is 19.1. The molecule has 2 heterocycles. The maximum Gasteiger partial charge on any atom is 0.411 e. The van der Waals surface area contributed by atoms with E-state index >= 15 is 0 Å². The molecule has 0 saturated carbocycles. The van der Waals surface area contributed by atoms with Crippen molar-refractivity contribution in [2.24, 2.45) is 0 Å². The lowest BCUT2D eigenvalue weighted by molar-refractivity contribution is 0.155. The number of aromatic hydroxyl groups is 1. The number of ether oxygens (including phenoxy) is 2. The van der Waals surface area contributed by atoms with Crippen molar-refractivity contribution in [2.45, 2.75) is 13.5 Å². The minimum absolute atomic E-state index is 0.0357. The molecule has 4 aromatic rings. The summed E-state index contributed by atoms with van der Waals surface area (Å²) in [5, 5.41) is 25.9. The summed E-state index contributed by atoms with van der Waals surface area (Å²) < 4.78 is 26.9. The Labute approximate surface area is 182 Å². The summed E-state index contributed by atoms with van der Waals surface area (Å²) in [7, 11) is 0. The molecule has 2 N–H and O–H groups in total. The van der Waals surface area contributed by atoms with E-state index in [0.29, 0.717) is 11.1 Å². The maximum absolute atomic E-state index is 14.7. The molecule has 0 fully saturated rings. The number of amides is 1. The lowest BCUT2D eigenvalue weighted by Gasteiger charge is -2.12. The van der Waals surface area contributed by atoms with Gasteiger partial charge in [-0.25, -0.2) is 13.7 Å². The second-order valence-corrected chi connectivity index (χ2v) is 6.87. The van der Waals surface area contributed by atoms with E-state index in [1.165, 1.54) is 29.0 Å². The van der Waals surface area contributed by atoms with Gasteiger partial charge in [0.1, 0.15) is 29.5 Å². The average Bonchev–Trinajstić information content (AvgIpc) is 3.09. The summed E-state index contributed by atoms with van der Waals surface area (Å²) in [5.41, 5.74) is 1.84. The third kappa shape index (κ3) is 4.15. The third-order valence-electron chi connectivity index (χ3n) is 4.71. The second kappa shape index (κ2) is 8.65. The molecule has 0 radical (unpaired) electrons. The van der Waals surface area contributed by atoms with E-state index in [1.54, 1.807) is 6.92 Å². The second-order valence-electron chi connectivity index (χ2n) is 6.87. The summed E-state index contributed by atoms with van der Waals surface area (Å²) in [5.74, 6) is -0.912. The van der Waals surface area contributed by atoms with Crippen molar-refractivity contribution < 1.29 is 23.8 Å². The number of carbonyl (C=O) groups is 1. The molecular formula is C23H17FN4O4. The average molecular weight is 432 g/mol. The Kier molecular flexibility index (Phi) is 5.59. The molecule has 32 heavy (non-hydrogen) atoms. The molecule has 4 rings (SSSR count). The molecule has 9 heteroatoms. The van der Waals surface area contributed by atoms with Gasteiger partial charge in [0.25, 0.3) is 0 Å². The van der Waals surface area contributed by atoms with Crippen LogP contribution in [-0.2, 0) is 11.3 Å². The highest BCUT2D eigenvalue weighted by molar-refractivity contribution is 5.84. The fourth-order valence-electron chi connectivity index (χ4n) is 3.07. The van der Waals surface area contributed by atoms with Gasteiger partial charge in [-0.2, -0.15) is 10.4 Å². The van der Waals surface area contributed by atoms with Crippen LogP contribution >= 0.6 is 0 Å². The highest BCUT2D eigenvalue weighted by Gasteiger charge is 2.19. The summed E-state index contributed by atoms with van der Waals surface area (Å²) in [6.07, 6.45) is 1.89. The van der Waals surface area contributed by atoms with Crippen molar-refractivity contribution in [2.75, 3.05) is 5.32 Å². The first kappa shape index (κ1) is 20.7. The fourth-order valence-corrected chi connectivity index (χ4v) is 3.07. The Morgan fingerprint density at radius 2 is 2.06 bits per heavy atom. The van der Waals surface area contributed by atoms with Gasteiger partial charge in [-0.05, 0) is 24.6 Å². The number of hydrogen-bond acceptors (Lipinski definition) is 6. The number of aryl methyl sites for hydroxylation is 1. The lowest BCUT2D eigenvalue weighted by atomic mass is 10.2. The summed E-state index contributed by atoms with van der Waals surface area (Å²) in [6, 6.07) is 14.9. The number of rotatable bonds is 5. The minimum Gasteiger partial charge on any atom is -0.506 e. The quantitative estimate of drug-likeness (QED) is 0.464. The van der Waals surface area contributed by atoms with Crippen LogP contribution in [0.25, 0.3) is 5.52 Å². The van der Waals surface area contributed by atoms with Crippen molar-refractivity contribution in [3.05, 3.63) is 83.4 Å². The zero-order valence-electron chi connectivity index (χ0n) is 16.9. The van der Waals surface area contributed by atoms with Crippen molar-refractivity contribution >= 4 is 17.3 Å². The largest absolute Gasteiger partial charge is 0.506 e. The van der Waals surface area contributed by atoms with Gasteiger partial charge in [0.15, 0.2) is 17.3 Å². The normalized spacial score (nSPS) is 10.5. The standard InChI is InChI=1S/C23H17FN4O4/c1-14-19(29)12-28-21(14)22(16(10-25)11-26-28)32-20-8-7-17(9-18(20)24)27-23(30)31-13-15-5-3-2-4-6-15/h2-9,11-12,29H,13H2,1H3,(H,27,30). The molecule has 0 aliphatic carbocycles. The van der Waals surface area contributed by atoms with Crippen LogP contribution in [0.4, 0.5) is 14.9 Å². The molecule has 0 spiro atoms. The van der Waals surface area contributed by atoms with Crippen LogP contribution in [0.15, 0.2) is 60.9 Å². The summed E-state index contributed by atoms with van der Waals surface area (Å²) >= 11 is 0. The van der Waals surface area contributed by atoms with Crippen LogP contribution in [-0.4, -0.2) is 20.8 Å². The Bertz CT molecular complexity index is 1350. The van der Waals surface area contributed by atoms with E-state index in [2.05, 4.69) is 10.4 Å². The van der Waals surface area contributed by atoms with Crippen LogP contribution in [0, 0.1) is 24.1 Å². The van der Waals surface area contributed by atoms with E-state index in [1.807, 2.05) is 36.4 Å². The Balaban J connectivity index is 1.52. The Morgan fingerprint density at radius 1 is 1.28 bits per heavy atom. The first-order valence-corrected chi connectivity index (χ1v) is 9.51. The number of carbonyl (C=O) groups excluding carboxylic acids is 1. The Morgan fingerprint density at radius 3 is 2.78 bits per heavy atom. The van der Waals surface area contributed by atoms with Crippen molar-refractivity contribution in [1.29, 1.82) is 5.26 Å². The van der Waals surface area contributed by atoms with Gasteiger partial charge >= 0.3 is 6.09 Å². The zero-order valence-corrected chi connectivity index (χ0v) is 16.9. The van der Waals surface area contributed by atoms with Crippen LogP contribution in [0.2, 0.25) is 0 Å².